The summed E-state index contributed by atoms with van der Waals surface area (Å²) in [6.45, 7) is 0. The molecule has 148 valence electrons. The maximum absolute atomic E-state index is 12.6. The predicted molar refractivity (Wildman–Crippen MR) is 113 cm³/mol. The molecule has 0 heterocycles. The van der Waals surface area contributed by atoms with Gasteiger partial charge in [0.2, 0.25) is 11.7 Å². The number of halogens is 1. The van der Waals surface area contributed by atoms with E-state index in [9.17, 15) is 4.79 Å². The van der Waals surface area contributed by atoms with Crippen molar-refractivity contribution in [2.24, 2.45) is 0 Å². The first-order valence-electron chi connectivity index (χ1n) is 9.07. The summed E-state index contributed by atoms with van der Waals surface area (Å²) in [4.78, 5) is 12.6. The topological polar surface area (TPSA) is 56.8 Å². The number of benzene rings is 2. The molecule has 0 saturated heterocycles. The van der Waals surface area contributed by atoms with Crippen molar-refractivity contribution < 1.29 is 19.0 Å². The summed E-state index contributed by atoms with van der Waals surface area (Å²) in [6, 6.07) is 11.7. The van der Waals surface area contributed by atoms with Gasteiger partial charge in [-0.05, 0) is 60.7 Å². The quantitative estimate of drug-likeness (QED) is 0.628. The molecule has 0 radical (unpaired) electrons. The Morgan fingerprint density at radius 1 is 1.07 bits per heavy atom. The van der Waals surface area contributed by atoms with Crippen molar-refractivity contribution in [3.8, 4) is 17.2 Å². The number of carbonyl (C=O) groups is 1. The van der Waals surface area contributed by atoms with Crippen molar-refractivity contribution in [2.45, 2.75) is 24.8 Å². The molecule has 1 N–H and O–H groups in total. The Bertz CT molecular complexity index is 865. The number of ether oxygens (including phenoxy) is 3. The van der Waals surface area contributed by atoms with Crippen LogP contribution in [0, 0.1) is 0 Å². The maximum atomic E-state index is 12.6. The van der Waals surface area contributed by atoms with E-state index in [-0.39, 0.29) is 11.4 Å². The van der Waals surface area contributed by atoms with Crippen molar-refractivity contribution in [2.75, 3.05) is 21.3 Å². The van der Waals surface area contributed by atoms with Crippen LogP contribution in [0.25, 0.3) is 6.08 Å². The molecule has 3 rings (SSSR count). The zero-order valence-electron chi connectivity index (χ0n) is 16.3. The highest BCUT2D eigenvalue weighted by Crippen LogP contribution is 2.42. The van der Waals surface area contributed by atoms with Crippen LogP contribution in [0.2, 0.25) is 0 Å². The van der Waals surface area contributed by atoms with Gasteiger partial charge in [-0.25, -0.2) is 0 Å². The smallest absolute Gasteiger partial charge is 0.244 e. The zero-order valence-corrected chi connectivity index (χ0v) is 17.8. The van der Waals surface area contributed by atoms with Crippen LogP contribution in [0.4, 0.5) is 0 Å². The lowest BCUT2D eigenvalue weighted by molar-refractivity contribution is -0.119. The van der Waals surface area contributed by atoms with Gasteiger partial charge < -0.3 is 19.5 Å². The van der Waals surface area contributed by atoms with E-state index < -0.39 is 0 Å². The zero-order chi connectivity index (χ0) is 20.1. The minimum absolute atomic E-state index is 0.131. The van der Waals surface area contributed by atoms with Gasteiger partial charge in [0.25, 0.3) is 0 Å². The Balaban J connectivity index is 1.78. The third-order valence-electron chi connectivity index (χ3n) is 5.06. The minimum Gasteiger partial charge on any atom is -0.493 e. The fourth-order valence-electron chi connectivity index (χ4n) is 3.45. The van der Waals surface area contributed by atoms with Crippen LogP contribution in [0.1, 0.15) is 30.4 Å². The first-order chi connectivity index (χ1) is 13.5. The van der Waals surface area contributed by atoms with Gasteiger partial charge in [-0.15, -0.1) is 0 Å². The maximum Gasteiger partial charge on any atom is 0.244 e. The van der Waals surface area contributed by atoms with Gasteiger partial charge in [0.15, 0.2) is 11.5 Å². The van der Waals surface area contributed by atoms with Crippen molar-refractivity contribution in [1.29, 1.82) is 0 Å². The average molecular weight is 446 g/mol. The largest absolute Gasteiger partial charge is 0.493 e. The van der Waals surface area contributed by atoms with E-state index >= 15 is 0 Å². The molecule has 28 heavy (non-hydrogen) atoms. The average Bonchev–Trinajstić information content (AvgIpc) is 2.68. The van der Waals surface area contributed by atoms with E-state index in [2.05, 4.69) is 33.4 Å². The van der Waals surface area contributed by atoms with Gasteiger partial charge in [0, 0.05) is 10.5 Å². The lowest BCUT2D eigenvalue weighted by atomic mass is 9.72. The molecule has 0 atom stereocenters. The second kappa shape index (κ2) is 8.69. The Morgan fingerprint density at radius 3 is 2.25 bits per heavy atom. The van der Waals surface area contributed by atoms with E-state index in [4.69, 9.17) is 14.2 Å². The molecular weight excluding hydrogens is 422 g/mol. The molecule has 0 spiro atoms. The second-order valence-electron chi connectivity index (χ2n) is 6.73. The molecule has 6 heteroatoms. The Labute approximate surface area is 173 Å². The van der Waals surface area contributed by atoms with E-state index in [0.29, 0.717) is 17.2 Å². The fourth-order valence-corrected chi connectivity index (χ4v) is 3.85. The summed E-state index contributed by atoms with van der Waals surface area (Å²) in [5.41, 5.74) is 1.62. The van der Waals surface area contributed by atoms with Crippen molar-refractivity contribution in [3.63, 3.8) is 0 Å². The van der Waals surface area contributed by atoms with Crippen LogP contribution in [0.15, 0.2) is 46.9 Å². The summed E-state index contributed by atoms with van der Waals surface area (Å²) in [7, 11) is 4.69. The van der Waals surface area contributed by atoms with Crippen LogP contribution < -0.4 is 19.5 Å². The number of rotatable bonds is 7. The fraction of sp³-hybridized carbons (Fsp3) is 0.318. The highest BCUT2D eigenvalue weighted by Gasteiger charge is 2.39. The number of methoxy groups -OCH3 is 3. The van der Waals surface area contributed by atoms with Crippen LogP contribution in [0.3, 0.4) is 0 Å². The van der Waals surface area contributed by atoms with Gasteiger partial charge in [-0.2, -0.15) is 0 Å². The number of amides is 1. The van der Waals surface area contributed by atoms with E-state index in [1.165, 1.54) is 0 Å². The van der Waals surface area contributed by atoms with Crippen LogP contribution in [-0.2, 0) is 10.3 Å². The third-order valence-corrected chi connectivity index (χ3v) is 5.55. The molecule has 0 aliphatic heterocycles. The molecule has 0 bridgehead atoms. The summed E-state index contributed by atoms with van der Waals surface area (Å²) in [6.07, 6.45) is 6.26. The summed E-state index contributed by atoms with van der Waals surface area (Å²) < 4.78 is 17.1. The molecule has 0 aromatic heterocycles. The summed E-state index contributed by atoms with van der Waals surface area (Å²) >= 11 is 3.51. The third kappa shape index (κ3) is 4.17. The van der Waals surface area contributed by atoms with Gasteiger partial charge in [-0.1, -0.05) is 28.1 Å². The van der Waals surface area contributed by atoms with Crippen molar-refractivity contribution in [3.05, 3.63) is 58.1 Å². The first-order valence-corrected chi connectivity index (χ1v) is 9.87. The normalized spacial score (nSPS) is 15.0. The first kappa shape index (κ1) is 20.3. The highest BCUT2D eigenvalue weighted by atomic mass is 79.9. The molecule has 1 saturated carbocycles. The van der Waals surface area contributed by atoms with Crippen molar-refractivity contribution in [1.82, 2.24) is 5.32 Å². The number of hydrogen-bond donors (Lipinski definition) is 1. The second-order valence-corrected chi connectivity index (χ2v) is 7.64. The number of carbonyl (C=O) groups excluding carboxylic acids is 1. The molecule has 1 amide bonds. The van der Waals surface area contributed by atoms with Gasteiger partial charge in [0.05, 0.1) is 26.9 Å². The van der Waals surface area contributed by atoms with E-state index in [1.54, 1.807) is 45.6 Å². The SMILES string of the molecule is COc1cc(/C=C/C(=O)NC2(c3cccc(Br)c3)CCC2)cc(OC)c1OC. The minimum atomic E-state index is -0.291. The molecule has 2 aromatic carbocycles. The number of nitrogens with one attached hydrogen (secondary N) is 1. The lowest BCUT2D eigenvalue weighted by Gasteiger charge is -2.43. The molecule has 1 aliphatic rings. The Morgan fingerprint density at radius 2 is 1.75 bits per heavy atom. The Hall–Kier alpha value is -2.47. The van der Waals surface area contributed by atoms with Gasteiger partial charge in [0.1, 0.15) is 0 Å². The molecule has 2 aromatic rings. The lowest BCUT2D eigenvalue weighted by Crippen LogP contribution is -2.50. The molecule has 5 nitrogen and oxygen atoms in total. The standard InChI is InChI=1S/C22H24BrNO4/c1-26-18-12-15(13-19(27-2)21(18)28-3)8-9-20(25)24-22(10-5-11-22)16-6-4-7-17(23)14-16/h4,6-9,12-14H,5,10-11H2,1-3H3,(H,24,25)/b9-8+. The van der Waals surface area contributed by atoms with Crippen LogP contribution in [-0.4, -0.2) is 27.2 Å². The monoisotopic (exact) mass is 445 g/mol. The molecule has 1 aliphatic carbocycles. The predicted octanol–water partition coefficient (Wildman–Crippen LogP) is 4.68. The molecular formula is C22H24BrNO4. The van der Waals surface area contributed by atoms with Gasteiger partial charge in [-0.3, -0.25) is 4.79 Å². The Kier molecular flexibility index (Phi) is 6.29. The number of hydrogen-bond acceptors (Lipinski definition) is 4. The van der Waals surface area contributed by atoms with Crippen LogP contribution >= 0.6 is 15.9 Å². The van der Waals surface area contributed by atoms with Gasteiger partial charge >= 0.3 is 0 Å². The summed E-state index contributed by atoms with van der Waals surface area (Å²) in [5, 5.41) is 3.19. The highest BCUT2D eigenvalue weighted by molar-refractivity contribution is 9.10. The van der Waals surface area contributed by atoms with Crippen molar-refractivity contribution >= 4 is 27.9 Å². The molecule has 0 unspecified atom stereocenters. The van der Waals surface area contributed by atoms with Crippen LogP contribution in [0.5, 0.6) is 17.2 Å². The van der Waals surface area contributed by atoms with E-state index in [1.807, 2.05) is 12.1 Å². The summed E-state index contributed by atoms with van der Waals surface area (Å²) in [5.74, 6) is 1.49. The van der Waals surface area contributed by atoms with E-state index in [0.717, 1.165) is 34.9 Å². The molecule has 1 fully saturated rings.